The number of nitrogens with zero attached hydrogens (tertiary/aromatic N) is 1. The molecule has 4 nitrogen and oxygen atoms in total. The normalized spacial score (nSPS) is 18.7. The number of fused-ring (bicyclic) bond motifs is 2. The van der Waals surface area contributed by atoms with E-state index in [4.69, 9.17) is 0 Å². The Morgan fingerprint density at radius 3 is 2.65 bits per heavy atom. The molecule has 0 aliphatic carbocycles. The van der Waals surface area contributed by atoms with Gasteiger partial charge in [-0.25, -0.2) is 9.37 Å². The molecular weight excluding hydrogens is 350 g/mol. The lowest BCUT2D eigenvalue weighted by molar-refractivity contribution is -0.177. The summed E-state index contributed by atoms with van der Waals surface area (Å²) in [5.41, 5.74) is -2.94. The summed E-state index contributed by atoms with van der Waals surface area (Å²) < 4.78 is 57.1. The molecule has 2 aromatic rings. The molecule has 0 saturated carbocycles. The van der Waals surface area contributed by atoms with Crippen molar-refractivity contribution in [3.8, 4) is 0 Å². The average molecular weight is 367 g/mol. The van der Waals surface area contributed by atoms with Crippen molar-refractivity contribution in [3.63, 3.8) is 0 Å². The van der Waals surface area contributed by atoms with E-state index in [1.165, 1.54) is 24.4 Å². The van der Waals surface area contributed by atoms with Crippen LogP contribution in [0.5, 0.6) is 0 Å². The Hall–Kier alpha value is -2.64. The molecule has 3 rings (SSSR count). The fourth-order valence-electron chi connectivity index (χ4n) is 3.12. The van der Waals surface area contributed by atoms with Gasteiger partial charge < -0.3 is 10.6 Å². The van der Waals surface area contributed by atoms with Crippen molar-refractivity contribution in [1.29, 1.82) is 0 Å². The number of carbonyl (C=O) groups is 1. The maximum Gasteiger partial charge on any atom is 0.404 e. The van der Waals surface area contributed by atoms with E-state index in [2.05, 4.69) is 15.6 Å². The SMILES string of the molecule is CC(C)C(=O)NCC1(C(F)(F)F)c2cc(F)ccc2Nc2ncccc21. The molecule has 26 heavy (non-hydrogen) atoms. The van der Waals surface area contributed by atoms with Crippen LogP contribution in [0.4, 0.5) is 29.1 Å². The summed E-state index contributed by atoms with van der Waals surface area (Å²) in [7, 11) is 0. The van der Waals surface area contributed by atoms with E-state index in [-0.39, 0.29) is 22.6 Å². The number of halogens is 4. The first kappa shape index (κ1) is 18.2. The summed E-state index contributed by atoms with van der Waals surface area (Å²) in [5, 5.41) is 5.18. The maximum atomic E-state index is 14.4. The second-order valence-electron chi connectivity index (χ2n) is 6.49. The van der Waals surface area contributed by atoms with Crippen LogP contribution in [-0.4, -0.2) is 23.6 Å². The van der Waals surface area contributed by atoms with Crippen molar-refractivity contribution in [1.82, 2.24) is 10.3 Å². The quantitative estimate of drug-likeness (QED) is 0.809. The number of aromatic nitrogens is 1. The molecule has 138 valence electrons. The summed E-state index contributed by atoms with van der Waals surface area (Å²) in [6.45, 7) is 2.42. The first-order valence-electron chi connectivity index (χ1n) is 8.04. The number of amides is 1. The highest BCUT2D eigenvalue weighted by atomic mass is 19.4. The highest BCUT2D eigenvalue weighted by Gasteiger charge is 2.60. The highest BCUT2D eigenvalue weighted by molar-refractivity contribution is 5.79. The zero-order valence-corrected chi connectivity index (χ0v) is 14.1. The largest absolute Gasteiger partial charge is 0.404 e. The molecule has 1 aromatic carbocycles. The van der Waals surface area contributed by atoms with E-state index in [0.29, 0.717) is 0 Å². The third kappa shape index (κ3) is 2.79. The van der Waals surface area contributed by atoms with Crippen molar-refractivity contribution in [2.24, 2.45) is 5.92 Å². The fourth-order valence-corrected chi connectivity index (χ4v) is 3.12. The van der Waals surface area contributed by atoms with E-state index in [0.717, 1.165) is 12.1 Å². The molecule has 1 unspecified atom stereocenters. The first-order chi connectivity index (χ1) is 12.2. The molecule has 1 aliphatic rings. The van der Waals surface area contributed by atoms with Gasteiger partial charge in [0.1, 0.15) is 17.1 Å². The number of nitrogens with one attached hydrogen (secondary N) is 2. The van der Waals surface area contributed by atoms with Crippen molar-refractivity contribution in [3.05, 3.63) is 53.5 Å². The molecule has 0 saturated heterocycles. The zero-order valence-electron chi connectivity index (χ0n) is 14.1. The summed E-state index contributed by atoms with van der Waals surface area (Å²) in [4.78, 5) is 16.0. The molecule has 0 fully saturated rings. The van der Waals surface area contributed by atoms with Gasteiger partial charge in [-0.3, -0.25) is 4.79 Å². The minimum atomic E-state index is -4.79. The molecule has 1 atom stereocenters. The van der Waals surface area contributed by atoms with Crippen LogP contribution >= 0.6 is 0 Å². The van der Waals surface area contributed by atoms with Crippen LogP contribution in [0, 0.1) is 11.7 Å². The molecule has 8 heteroatoms. The number of hydrogen-bond acceptors (Lipinski definition) is 3. The van der Waals surface area contributed by atoms with Crippen LogP contribution in [-0.2, 0) is 10.2 Å². The molecular formula is C18H17F4N3O. The van der Waals surface area contributed by atoms with E-state index in [9.17, 15) is 22.4 Å². The molecule has 0 bridgehead atoms. The fraction of sp³-hybridized carbons (Fsp3) is 0.333. The predicted molar refractivity (Wildman–Crippen MR) is 88.6 cm³/mol. The Kier molecular flexibility index (Phi) is 4.37. The van der Waals surface area contributed by atoms with Crippen LogP contribution in [0.2, 0.25) is 0 Å². The summed E-state index contributed by atoms with van der Waals surface area (Å²) in [6.07, 6.45) is -3.42. The Morgan fingerprint density at radius 1 is 1.27 bits per heavy atom. The second-order valence-corrected chi connectivity index (χ2v) is 6.49. The van der Waals surface area contributed by atoms with Gasteiger partial charge >= 0.3 is 6.18 Å². The van der Waals surface area contributed by atoms with Crippen LogP contribution in [0.25, 0.3) is 0 Å². The number of rotatable bonds is 3. The third-order valence-corrected chi connectivity index (χ3v) is 4.50. The van der Waals surface area contributed by atoms with Gasteiger partial charge in [0.2, 0.25) is 5.91 Å². The molecule has 1 amide bonds. The lowest BCUT2D eigenvalue weighted by Gasteiger charge is -2.41. The van der Waals surface area contributed by atoms with Crippen molar-refractivity contribution < 1.29 is 22.4 Å². The minimum Gasteiger partial charge on any atom is -0.354 e. The second kappa shape index (κ2) is 6.26. The summed E-state index contributed by atoms with van der Waals surface area (Å²) in [5.74, 6) is -1.76. The van der Waals surface area contributed by atoms with Gasteiger partial charge in [-0.15, -0.1) is 0 Å². The minimum absolute atomic E-state index is 0.0303. The lowest BCUT2D eigenvalue weighted by Crippen LogP contribution is -2.54. The molecule has 2 heterocycles. The van der Waals surface area contributed by atoms with Crippen molar-refractivity contribution in [2.45, 2.75) is 25.4 Å². The molecule has 1 aliphatic heterocycles. The smallest absolute Gasteiger partial charge is 0.354 e. The lowest BCUT2D eigenvalue weighted by atomic mass is 9.71. The van der Waals surface area contributed by atoms with E-state index in [1.807, 2.05) is 0 Å². The Labute approximate surface area is 147 Å². The molecule has 0 spiro atoms. The number of carbonyl (C=O) groups excluding carboxylic acids is 1. The Morgan fingerprint density at radius 2 is 2.00 bits per heavy atom. The topological polar surface area (TPSA) is 54.0 Å². The van der Waals surface area contributed by atoms with Gasteiger partial charge in [-0.05, 0) is 24.3 Å². The van der Waals surface area contributed by atoms with Gasteiger partial charge in [-0.1, -0.05) is 19.9 Å². The average Bonchev–Trinajstić information content (AvgIpc) is 2.57. The van der Waals surface area contributed by atoms with Gasteiger partial charge in [0.25, 0.3) is 0 Å². The van der Waals surface area contributed by atoms with E-state index >= 15 is 0 Å². The van der Waals surface area contributed by atoms with Gasteiger partial charge in [0.05, 0.1) is 0 Å². The highest BCUT2D eigenvalue weighted by Crippen LogP contribution is 2.53. The first-order valence-corrected chi connectivity index (χ1v) is 8.04. The number of alkyl halides is 3. The van der Waals surface area contributed by atoms with Gasteiger partial charge in [-0.2, -0.15) is 13.2 Å². The number of hydrogen-bond donors (Lipinski definition) is 2. The van der Waals surface area contributed by atoms with Gasteiger partial charge in [0.15, 0.2) is 0 Å². The van der Waals surface area contributed by atoms with Crippen molar-refractivity contribution >= 4 is 17.4 Å². The van der Waals surface area contributed by atoms with Crippen LogP contribution < -0.4 is 10.6 Å². The maximum absolute atomic E-state index is 14.4. The standard InChI is InChI=1S/C18H17F4N3O/c1-10(2)16(26)24-9-17(18(20,21)22)12-4-3-7-23-15(12)25-14-6-5-11(19)8-13(14)17/h3-8,10H,9H2,1-2H3,(H,23,25)(H,24,26). The molecule has 2 N–H and O–H groups in total. The van der Waals surface area contributed by atoms with Crippen LogP contribution in [0.15, 0.2) is 36.5 Å². The molecule has 0 radical (unpaired) electrons. The zero-order chi connectivity index (χ0) is 19.1. The van der Waals surface area contributed by atoms with Crippen LogP contribution in [0.3, 0.4) is 0 Å². The number of anilines is 2. The summed E-state index contributed by atoms with van der Waals surface area (Å²) >= 11 is 0. The monoisotopic (exact) mass is 367 g/mol. The number of pyridine rings is 1. The van der Waals surface area contributed by atoms with Crippen LogP contribution in [0.1, 0.15) is 25.0 Å². The predicted octanol–water partition coefficient (Wildman–Crippen LogP) is 3.90. The Bertz CT molecular complexity index is 851. The summed E-state index contributed by atoms with van der Waals surface area (Å²) in [6, 6.07) is 5.85. The molecule has 1 aromatic heterocycles. The van der Waals surface area contributed by atoms with E-state index < -0.39 is 35.8 Å². The Balaban J connectivity index is 2.25. The van der Waals surface area contributed by atoms with Crippen molar-refractivity contribution in [2.75, 3.05) is 11.9 Å². The van der Waals surface area contributed by atoms with Gasteiger partial charge in [0, 0.05) is 35.5 Å². The number of benzene rings is 1. The third-order valence-electron chi connectivity index (χ3n) is 4.50. The van der Waals surface area contributed by atoms with E-state index in [1.54, 1.807) is 13.8 Å².